The van der Waals surface area contributed by atoms with Crippen molar-refractivity contribution in [2.45, 2.75) is 13.8 Å². The highest BCUT2D eigenvalue weighted by Crippen LogP contribution is 2.30. The number of hydrogen-bond donors (Lipinski definition) is 2. The number of nitrogens with one attached hydrogen (secondary N) is 2. The Labute approximate surface area is 168 Å². The van der Waals surface area contributed by atoms with Gasteiger partial charge in [-0.3, -0.25) is 9.59 Å². The van der Waals surface area contributed by atoms with Gasteiger partial charge < -0.3 is 15.2 Å². The van der Waals surface area contributed by atoms with Gasteiger partial charge in [-0.2, -0.15) is 0 Å². The number of halogens is 1. The van der Waals surface area contributed by atoms with Crippen molar-refractivity contribution in [1.82, 2.24) is 10.1 Å². The first kappa shape index (κ1) is 18.8. The van der Waals surface area contributed by atoms with E-state index in [1.165, 1.54) is 36.5 Å². The molecule has 0 fully saturated rings. The molecular weight excluding hydrogens is 395 g/mol. The standard InChI is InChI=1S/C20H15FN4O3S/c1-10-18-13(9-16(17-4-3-7-29-17)24-20(18)28-25-10)19(27)23-15-8-12(22-11(2)26)5-6-14(15)21/h3-9H,1-2H3,(H,22,26)(H,23,27). The summed E-state index contributed by atoms with van der Waals surface area (Å²) < 4.78 is 19.5. The Balaban J connectivity index is 1.76. The van der Waals surface area contributed by atoms with E-state index < -0.39 is 11.7 Å². The van der Waals surface area contributed by atoms with Gasteiger partial charge in [0.25, 0.3) is 11.6 Å². The van der Waals surface area contributed by atoms with Crippen molar-refractivity contribution in [3.05, 3.63) is 58.9 Å². The third-order valence-electron chi connectivity index (χ3n) is 4.17. The van der Waals surface area contributed by atoms with Gasteiger partial charge in [0.2, 0.25) is 5.91 Å². The number of benzene rings is 1. The fourth-order valence-electron chi connectivity index (χ4n) is 2.92. The molecule has 0 aliphatic rings. The molecule has 0 bridgehead atoms. The van der Waals surface area contributed by atoms with Crippen LogP contribution in [0.2, 0.25) is 0 Å². The van der Waals surface area contributed by atoms with Gasteiger partial charge >= 0.3 is 0 Å². The molecule has 3 heterocycles. The molecule has 0 aliphatic heterocycles. The molecule has 146 valence electrons. The summed E-state index contributed by atoms with van der Waals surface area (Å²) in [7, 11) is 0. The Morgan fingerprint density at radius 1 is 1.17 bits per heavy atom. The Hall–Kier alpha value is -3.59. The fourth-order valence-corrected chi connectivity index (χ4v) is 3.60. The number of hydrogen-bond acceptors (Lipinski definition) is 6. The molecular formula is C20H15FN4O3S. The third-order valence-corrected chi connectivity index (χ3v) is 5.06. The molecule has 29 heavy (non-hydrogen) atoms. The molecule has 2 amide bonds. The van der Waals surface area contributed by atoms with Crippen LogP contribution in [-0.4, -0.2) is 22.0 Å². The topological polar surface area (TPSA) is 97.1 Å². The highest BCUT2D eigenvalue weighted by molar-refractivity contribution is 7.13. The first-order valence-corrected chi connectivity index (χ1v) is 9.49. The molecule has 0 saturated carbocycles. The van der Waals surface area contributed by atoms with Crippen LogP contribution < -0.4 is 10.6 Å². The Morgan fingerprint density at radius 2 is 2.00 bits per heavy atom. The van der Waals surface area contributed by atoms with E-state index in [2.05, 4.69) is 20.8 Å². The summed E-state index contributed by atoms with van der Waals surface area (Å²) in [5, 5.41) is 11.4. The van der Waals surface area contributed by atoms with Crippen molar-refractivity contribution in [2.24, 2.45) is 0 Å². The van der Waals surface area contributed by atoms with E-state index in [0.29, 0.717) is 22.5 Å². The quantitative estimate of drug-likeness (QED) is 0.512. The van der Waals surface area contributed by atoms with Crippen LogP contribution in [-0.2, 0) is 4.79 Å². The molecule has 7 nitrogen and oxygen atoms in total. The molecule has 0 unspecified atom stereocenters. The summed E-state index contributed by atoms with van der Waals surface area (Å²) in [5.41, 5.74) is 1.86. The number of carbonyl (C=O) groups excluding carboxylic acids is 2. The number of nitrogens with zero attached hydrogens (tertiary/aromatic N) is 2. The lowest BCUT2D eigenvalue weighted by Crippen LogP contribution is -2.15. The van der Waals surface area contributed by atoms with E-state index in [-0.39, 0.29) is 22.9 Å². The van der Waals surface area contributed by atoms with E-state index in [0.717, 1.165) is 4.88 Å². The smallest absolute Gasteiger partial charge is 0.259 e. The minimum absolute atomic E-state index is 0.0574. The van der Waals surface area contributed by atoms with Gasteiger partial charge in [-0.25, -0.2) is 9.37 Å². The number of rotatable bonds is 4. The zero-order valence-electron chi connectivity index (χ0n) is 15.4. The molecule has 1 aromatic carbocycles. The van der Waals surface area contributed by atoms with Crippen LogP contribution in [0.1, 0.15) is 23.0 Å². The summed E-state index contributed by atoms with van der Waals surface area (Å²) >= 11 is 1.47. The summed E-state index contributed by atoms with van der Waals surface area (Å²) in [5.74, 6) is -1.47. The predicted molar refractivity (Wildman–Crippen MR) is 109 cm³/mol. The molecule has 9 heteroatoms. The van der Waals surface area contributed by atoms with Crippen LogP contribution >= 0.6 is 11.3 Å². The van der Waals surface area contributed by atoms with E-state index in [9.17, 15) is 14.0 Å². The zero-order chi connectivity index (χ0) is 20.5. The third kappa shape index (κ3) is 3.72. The summed E-state index contributed by atoms with van der Waals surface area (Å²) in [6.45, 7) is 3.04. The Kier molecular flexibility index (Phi) is 4.81. The molecule has 0 aliphatic carbocycles. The normalized spacial score (nSPS) is 10.9. The second-order valence-corrected chi connectivity index (χ2v) is 7.26. The minimum Gasteiger partial charge on any atom is -0.335 e. The average Bonchev–Trinajstić information content (AvgIpc) is 3.34. The lowest BCUT2D eigenvalue weighted by molar-refractivity contribution is -0.114. The van der Waals surface area contributed by atoms with E-state index in [1.54, 1.807) is 13.0 Å². The molecule has 0 radical (unpaired) electrons. The van der Waals surface area contributed by atoms with Gasteiger partial charge in [-0.05, 0) is 42.6 Å². The highest BCUT2D eigenvalue weighted by atomic mass is 32.1. The largest absolute Gasteiger partial charge is 0.335 e. The maximum Gasteiger partial charge on any atom is 0.259 e. The fraction of sp³-hybridized carbons (Fsp3) is 0.100. The number of amides is 2. The monoisotopic (exact) mass is 410 g/mol. The molecule has 0 saturated heterocycles. The summed E-state index contributed by atoms with van der Waals surface area (Å²) in [6, 6.07) is 9.32. The lowest BCUT2D eigenvalue weighted by atomic mass is 10.1. The number of aromatic nitrogens is 2. The van der Waals surface area contributed by atoms with Gasteiger partial charge in [0.1, 0.15) is 5.82 Å². The number of carbonyl (C=O) groups is 2. The summed E-state index contributed by atoms with van der Waals surface area (Å²) in [4.78, 5) is 29.6. The van der Waals surface area contributed by atoms with E-state index >= 15 is 0 Å². The van der Waals surface area contributed by atoms with Crippen LogP contribution in [0.5, 0.6) is 0 Å². The van der Waals surface area contributed by atoms with Crippen LogP contribution in [0.3, 0.4) is 0 Å². The van der Waals surface area contributed by atoms with Crippen molar-refractivity contribution in [3.8, 4) is 10.6 Å². The van der Waals surface area contributed by atoms with Gasteiger partial charge in [-0.15, -0.1) is 11.3 Å². The molecule has 2 N–H and O–H groups in total. The average molecular weight is 410 g/mol. The first-order chi connectivity index (χ1) is 13.9. The molecule has 4 rings (SSSR count). The molecule has 0 spiro atoms. The number of thiophene rings is 1. The van der Waals surface area contributed by atoms with Crippen LogP contribution in [0, 0.1) is 12.7 Å². The Morgan fingerprint density at radius 3 is 2.72 bits per heavy atom. The van der Waals surface area contributed by atoms with Crippen LogP contribution in [0.25, 0.3) is 21.7 Å². The van der Waals surface area contributed by atoms with Gasteiger partial charge in [0.15, 0.2) is 0 Å². The number of pyridine rings is 1. The van der Waals surface area contributed by atoms with Crippen molar-refractivity contribution in [3.63, 3.8) is 0 Å². The van der Waals surface area contributed by atoms with Crippen molar-refractivity contribution in [1.29, 1.82) is 0 Å². The molecule has 0 atom stereocenters. The highest BCUT2D eigenvalue weighted by Gasteiger charge is 2.20. The van der Waals surface area contributed by atoms with Gasteiger partial charge in [-0.1, -0.05) is 11.2 Å². The lowest BCUT2D eigenvalue weighted by Gasteiger charge is -2.10. The molecule has 3 aromatic heterocycles. The second-order valence-electron chi connectivity index (χ2n) is 6.31. The maximum absolute atomic E-state index is 14.2. The number of aryl methyl sites for hydroxylation is 1. The van der Waals surface area contributed by atoms with Gasteiger partial charge in [0, 0.05) is 12.6 Å². The van der Waals surface area contributed by atoms with Crippen LogP contribution in [0.15, 0.2) is 46.3 Å². The zero-order valence-corrected chi connectivity index (χ0v) is 16.3. The maximum atomic E-state index is 14.2. The van der Waals surface area contributed by atoms with Gasteiger partial charge in [0.05, 0.1) is 32.9 Å². The summed E-state index contributed by atoms with van der Waals surface area (Å²) in [6.07, 6.45) is 0. The SMILES string of the molecule is CC(=O)Nc1ccc(F)c(NC(=O)c2cc(-c3cccs3)nc3onc(C)c23)c1. The van der Waals surface area contributed by atoms with Crippen molar-refractivity contribution < 1.29 is 18.5 Å². The van der Waals surface area contributed by atoms with Crippen molar-refractivity contribution in [2.75, 3.05) is 10.6 Å². The Bertz CT molecular complexity index is 1230. The van der Waals surface area contributed by atoms with E-state index in [1.807, 2.05) is 17.5 Å². The molecule has 4 aromatic rings. The minimum atomic E-state index is -0.627. The van der Waals surface area contributed by atoms with Crippen molar-refractivity contribution >= 4 is 45.6 Å². The predicted octanol–water partition coefficient (Wildman–Crippen LogP) is 4.61. The first-order valence-electron chi connectivity index (χ1n) is 8.62. The van der Waals surface area contributed by atoms with Crippen LogP contribution in [0.4, 0.5) is 15.8 Å². The number of fused-ring (bicyclic) bond motifs is 1. The second kappa shape index (κ2) is 7.44. The number of anilines is 2. The van der Waals surface area contributed by atoms with E-state index in [4.69, 9.17) is 4.52 Å².